The van der Waals surface area contributed by atoms with E-state index in [2.05, 4.69) is 10.6 Å². The van der Waals surface area contributed by atoms with E-state index in [1.165, 1.54) is 0 Å². The van der Waals surface area contributed by atoms with Crippen LogP contribution in [0.2, 0.25) is 0 Å². The van der Waals surface area contributed by atoms with Gasteiger partial charge in [-0.05, 0) is 56.3 Å². The van der Waals surface area contributed by atoms with Crippen LogP contribution >= 0.6 is 0 Å². The Bertz CT molecular complexity index is 694. The summed E-state index contributed by atoms with van der Waals surface area (Å²) in [7, 11) is 1.58. The molecular weight excluding hydrogens is 292 g/mol. The van der Waals surface area contributed by atoms with E-state index < -0.39 is 0 Å². The Balaban J connectivity index is 2.11. The van der Waals surface area contributed by atoms with Crippen molar-refractivity contribution < 1.29 is 14.3 Å². The molecule has 2 aromatic rings. The highest BCUT2D eigenvalue weighted by molar-refractivity contribution is 6.06. The zero-order valence-electron chi connectivity index (χ0n) is 13.4. The number of carbonyl (C=O) groups excluding carboxylic acids is 2. The molecule has 120 valence electrons. The maximum atomic E-state index is 12.3. The summed E-state index contributed by atoms with van der Waals surface area (Å²) in [5.74, 6) is 0.254. The molecular formula is C18H20N2O3. The third kappa shape index (κ3) is 4.57. The molecule has 0 radical (unpaired) electrons. The number of methoxy groups -OCH3 is 1. The third-order valence-electron chi connectivity index (χ3n) is 3.15. The Morgan fingerprint density at radius 1 is 0.957 bits per heavy atom. The Labute approximate surface area is 135 Å². The fourth-order valence-electron chi connectivity index (χ4n) is 2.02. The van der Waals surface area contributed by atoms with Crippen molar-refractivity contribution in [2.75, 3.05) is 12.4 Å². The van der Waals surface area contributed by atoms with Crippen LogP contribution in [-0.2, 0) is 0 Å². The standard InChI is InChI=1S/C18H20N2O3/c1-12(2)19-17(21)13-5-4-6-14(11-13)18(22)20-15-7-9-16(23-3)10-8-15/h4-12H,1-3H3,(H,19,21)(H,20,22). The SMILES string of the molecule is COc1ccc(NC(=O)c2cccc(C(=O)NC(C)C)c2)cc1. The fraction of sp³-hybridized carbons (Fsp3) is 0.222. The normalized spacial score (nSPS) is 10.3. The summed E-state index contributed by atoms with van der Waals surface area (Å²) in [6.07, 6.45) is 0. The average molecular weight is 312 g/mol. The Hall–Kier alpha value is -2.82. The summed E-state index contributed by atoms with van der Waals surface area (Å²) in [6.45, 7) is 3.77. The lowest BCUT2D eigenvalue weighted by molar-refractivity contribution is 0.0943. The van der Waals surface area contributed by atoms with Crippen LogP contribution in [0, 0.1) is 0 Å². The number of anilines is 1. The smallest absolute Gasteiger partial charge is 0.255 e. The van der Waals surface area contributed by atoms with Crippen molar-refractivity contribution in [1.29, 1.82) is 0 Å². The van der Waals surface area contributed by atoms with Gasteiger partial charge >= 0.3 is 0 Å². The van der Waals surface area contributed by atoms with Crippen LogP contribution in [0.15, 0.2) is 48.5 Å². The molecule has 0 spiro atoms. The van der Waals surface area contributed by atoms with Gasteiger partial charge < -0.3 is 15.4 Å². The Morgan fingerprint density at radius 2 is 1.57 bits per heavy atom. The van der Waals surface area contributed by atoms with Crippen molar-refractivity contribution in [2.24, 2.45) is 0 Å². The van der Waals surface area contributed by atoms with Crippen LogP contribution in [0.5, 0.6) is 5.75 Å². The van der Waals surface area contributed by atoms with Crippen LogP contribution in [0.3, 0.4) is 0 Å². The average Bonchev–Trinajstić information content (AvgIpc) is 2.55. The zero-order chi connectivity index (χ0) is 16.8. The third-order valence-corrected chi connectivity index (χ3v) is 3.15. The summed E-state index contributed by atoms with van der Waals surface area (Å²) in [5, 5.41) is 5.59. The van der Waals surface area contributed by atoms with E-state index in [1.807, 2.05) is 13.8 Å². The molecule has 2 aromatic carbocycles. The van der Waals surface area contributed by atoms with Gasteiger partial charge in [-0.2, -0.15) is 0 Å². The second kappa shape index (κ2) is 7.45. The zero-order valence-corrected chi connectivity index (χ0v) is 13.4. The molecule has 0 bridgehead atoms. The Kier molecular flexibility index (Phi) is 5.36. The molecule has 5 heteroatoms. The second-order valence-corrected chi connectivity index (χ2v) is 5.39. The molecule has 23 heavy (non-hydrogen) atoms. The Morgan fingerprint density at radius 3 is 2.13 bits per heavy atom. The predicted molar refractivity (Wildman–Crippen MR) is 90.0 cm³/mol. The van der Waals surface area contributed by atoms with E-state index in [0.717, 1.165) is 5.75 Å². The summed E-state index contributed by atoms with van der Waals surface area (Å²) >= 11 is 0. The number of benzene rings is 2. The molecule has 0 aliphatic carbocycles. The molecule has 0 aliphatic rings. The molecule has 0 aromatic heterocycles. The molecule has 0 atom stereocenters. The predicted octanol–water partition coefficient (Wildman–Crippen LogP) is 3.09. The highest BCUT2D eigenvalue weighted by Gasteiger charge is 2.11. The maximum Gasteiger partial charge on any atom is 0.255 e. The van der Waals surface area contributed by atoms with E-state index in [4.69, 9.17) is 4.74 Å². The van der Waals surface area contributed by atoms with Crippen molar-refractivity contribution in [2.45, 2.75) is 19.9 Å². The van der Waals surface area contributed by atoms with Crippen LogP contribution in [0.1, 0.15) is 34.6 Å². The minimum absolute atomic E-state index is 0.0410. The molecule has 0 heterocycles. The largest absolute Gasteiger partial charge is 0.497 e. The number of nitrogens with one attached hydrogen (secondary N) is 2. The highest BCUT2D eigenvalue weighted by Crippen LogP contribution is 2.16. The topological polar surface area (TPSA) is 67.4 Å². The molecule has 5 nitrogen and oxygen atoms in total. The number of amides is 2. The summed E-state index contributed by atoms with van der Waals surface area (Å²) < 4.78 is 5.08. The van der Waals surface area contributed by atoms with Crippen LogP contribution in [0.25, 0.3) is 0 Å². The minimum Gasteiger partial charge on any atom is -0.497 e. The minimum atomic E-state index is -0.269. The van der Waals surface area contributed by atoms with Crippen LogP contribution < -0.4 is 15.4 Å². The van der Waals surface area contributed by atoms with Gasteiger partial charge in [0, 0.05) is 22.9 Å². The van der Waals surface area contributed by atoms with Crippen molar-refractivity contribution >= 4 is 17.5 Å². The van der Waals surface area contributed by atoms with E-state index in [1.54, 1.807) is 55.6 Å². The first kappa shape index (κ1) is 16.5. The summed E-state index contributed by atoms with van der Waals surface area (Å²) in [4.78, 5) is 24.3. The monoisotopic (exact) mass is 312 g/mol. The van der Waals surface area contributed by atoms with E-state index in [9.17, 15) is 9.59 Å². The first-order valence-electron chi connectivity index (χ1n) is 7.36. The first-order chi connectivity index (χ1) is 11.0. The summed E-state index contributed by atoms with van der Waals surface area (Å²) in [5.41, 5.74) is 1.55. The van der Waals surface area contributed by atoms with Gasteiger partial charge in [-0.25, -0.2) is 0 Å². The van der Waals surface area contributed by atoms with Gasteiger partial charge in [-0.1, -0.05) is 6.07 Å². The van der Waals surface area contributed by atoms with E-state index in [-0.39, 0.29) is 17.9 Å². The molecule has 2 amide bonds. The molecule has 0 saturated carbocycles. The molecule has 0 saturated heterocycles. The van der Waals surface area contributed by atoms with Gasteiger partial charge in [-0.3, -0.25) is 9.59 Å². The molecule has 0 fully saturated rings. The molecule has 0 unspecified atom stereocenters. The number of carbonyl (C=O) groups is 2. The number of ether oxygens (including phenoxy) is 1. The lowest BCUT2D eigenvalue weighted by atomic mass is 10.1. The lowest BCUT2D eigenvalue weighted by Crippen LogP contribution is -2.30. The van der Waals surface area contributed by atoms with Gasteiger partial charge in [0.25, 0.3) is 11.8 Å². The molecule has 2 rings (SSSR count). The van der Waals surface area contributed by atoms with Gasteiger partial charge in [-0.15, -0.1) is 0 Å². The second-order valence-electron chi connectivity index (χ2n) is 5.39. The highest BCUT2D eigenvalue weighted by atomic mass is 16.5. The number of rotatable bonds is 5. The van der Waals surface area contributed by atoms with Crippen molar-refractivity contribution in [3.8, 4) is 5.75 Å². The van der Waals surface area contributed by atoms with Crippen molar-refractivity contribution in [3.05, 3.63) is 59.7 Å². The fourth-order valence-corrected chi connectivity index (χ4v) is 2.02. The van der Waals surface area contributed by atoms with Gasteiger partial charge in [0.2, 0.25) is 0 Å². The van der Waals surface area contributed by atoms with Gasteiger partial charge in [0.05, 0.1) is 7.11 Å². The van der Waals surface area contributed by atoms with E-state index in [0.29, 0.717) is 16.8 Å². The molecule has 0 aliphatic heterocycles. The molecule has 2 N–H and O–H groups in total. The lowest BCUT2D eigenvalue weighted by Gasteiger charge is -2.10. The number of hydrogen-bond acceptors (Lipinski definition) is 3. The van der Waals surface area contributed by atoms with Crippen LogP contribution in [0.4, 0.5) is 5.69 Å². The number of hydrogen-bond donors (Lipinski definition) is 2. The van der Waals surface area contributed by atoms with Crippen molar-refractivity contribution in [1.82, 2.24) is 5.32 Å². The van der Waals surface area contributed by atoms with Gasteiger partial charge in [0.1, 0.15) is 5.75 Å². The van der Waals surface area contributed by atoms with Gasteiger partial charge in [0.15, 0.2) is 0 Å². The first-order valence-corrected chi connectivity index (χ1v) is 7.36. The maximum absolute atomic E-state index is 12.3. The van der Waals surface area contributed by atoms with Crippen molar-refractivity contribution in [3.63, 3.8) is 0 Å². The quantitative estimate of drug-likeness (QED) is 0.891. The van der Waals surface area contributed by atoms with E-state index >= 15 is 0 Å². The summed E-state index contributed by atoms with van der Waals surface area (Å²) in [6, 6.07) is 13.7. The van der Waals surface area contributed by atoms with Crippen LogP contribution in [-0.4, -0.2) is 25.0 Å².